The molecule has 1 aromatic rings. The smallest absolute Gasteiger partial charge is 0.272 e. The Morgan fingerprint density at radius 2 is 2.10 bits per heavy atom. The molecule has 110 valence electrons. The molecule has 1 saturated heterocycles. The Hall–Kier alpha value is -1.47. The molecule has 1 fully saturated rings. The van der Waals surface area contributed by atoms with E-state index in [1.54, 1.807) is 18.2 Å². The SMILES string of the molecule is CC1(NCCc2ccccc2[N+](=O)[O-])CCS(=O)(=O)C1. The summed E-state index contributed by atoms with van der Waals surface area (Å²) in [5.41, 5.74) is 0.357. The molecule has 1 aliphatic heterocycles. The largest absolute Gasteiger partial charge is 0.310 e. The van der Waals surface area contributed by atoms with Crippen molar-refractivity contribution < 1.29 is 13.3 Å². The van der Waals surface area contributed by atoms with Crippen molar-refractivity contribution in [2.75, 3.05) is 18.1 Å². The fourth-order valence-corrected chi connectivity index (χ4v) is 4.67. The quantitative estimate of drug-likeness (QED) is 0.654. The number of nitrogens with one attached hydrogen (secondary N) is 1. The van der Waals surface area contributed by atoms with E-state index in [-0.39, 0.29) is 17.2 Å². The molecule has 0 spiro atoms. The molecule has 0 aliphatic carbocycles. The van der Waals surface area contributed by atoms with E-state index in [0.717, 1.165) is 0 Å². The van der Waals surface area contributed by atoms with Gasteiger partial charge in [0.25, 0.3) is 5.69 Å². The van der Waals surface area contributed by atoms with E-state index in [4.69, 9.17) is 0 Å². The molecule has 1 unspecified atom stereocenters. The number of nitro groups is 1. The summed E-state index contributed by atoms with van der Waals surface area (Å²) in [6.07, 6.45) is 1.10. The monoisotopic (exact) mass is 298 g/mol. The molecule has 0 aromatic heterocycles. The van der Waals surface area contributed by atoms with E-state index in [2.05, 4.69) is 5.32 Å². The van der Waals surface area contributed by atoms with E-state index in [1.165, 1.54) is 6.07 Å². The molecule has 0 bridgehead atoms. The normalized spacial score (nSPS) is 24.6. The molecular weight excluding hydrogens is 280 g/mol. The third kappa shape index (κ3) is 3.55. The van der Waals surface area contributed by atoms with Crippen LogP contribution in [0, 0.1) is 10.1 Å². The maximum absolute atomic E-state index is 11.5. The van der Waals surface area contributed by atoms with E-state index < -0.39 is 20.3 Å². The van der Waals surface area contributed by atoms with E-state index in [0.29, 0.717) is 24.9 Å². The number of hydrogen-bond donors (Lipinski definition) is 1. The fraction of sp³-hybridized carbons (Fsp3) is 0.538. The summed E-state index contributed by atoms with van der Waals surface area (Å²) < 4.78 is 23.0. The van der Waals surface area contributed by atoms with Gasteiger partial charge >= 0.3 is 0 Å². The molecule has 1 aliphatic rings. The summed E-state index contributed by atoms with van der Waals surface area (Å²) in [6, 6.07) is 6.62. The summed E-state index contributed by atoms with van der Waals surface area (Å²) in [5, 5.41) is 14.1. The van der Waals surface area contributed by atoms with Gasteiger partial charge in [-0.15, -0.1) is 0 Å². The zero-order valence-corrected chi connectivity index (χ0v) is 12.1. The van der Waals surface area contributed by atoms with Crippen molar-refractivity contribution >= 4 is 15.5 Å². The molecule has 0 amide bonds. The highest BCUT2D eigenvalue weighted by molar-refractivity contribution is 7.91. The van der Waals surface area contributed by atoms with Gasteiger partial charge in [0.15, 0.2) is 9.84 Å². The van der Waals surface area contributed by atoms with Gasteiger partial charge in [-0.3, -0.25) is 10.1 Å². The Kier molecular flexibility index (Phi) is 4.10. The van der Waals surface area contributed by atoms with Crippen molar-refractivity contribution in [3.05, 3.63) is 39.9 Å². The Labute approximate surface area is 118 Å². The van der Waals surface area contributed by atoms with Crippen molar-refractivity contribution in [2.24, 2.45) is 0 Å². The highest BCUT2D eigenvalue weighted by atomic mass is 32.2. The van der Waals surface area contributed by atoms with Gasteiger partial charge in [0.1, 0.15) is 0 Å². The molecular formula is C13H18N2O4S. The summed E-state index contributed by atoms with van der Waals surface area (Å²) in [6.45, 7) is 2.41. The summed E-state index contributed by atoms with van der Waals surface area (Å²) in [5.74, 6) is 0.346. The number of hydrogen-bond acceptors (Lipinski definition) is 5. The summed E-state index contributed by atoms with van der Waals surface area (Å²) in [4.78, 5) is 10.5. The van der Waals surface area contributed by atoms with Crippen LogP contribution < -0.4 is 5.32 Å². The molecule has 1 N–H and O–H groups in total. The van der Waals surface area contributed by atoms with E-state index in [9.17, 15) is 18.5 Å². The maximum Gasteiger partial charge on any atom is 0.272 e. The van der Waals surface area contributed by atoms with Gasteiger partial charge in [-0.1, -0.05) is 18.2 Å². The molecule has 7 heteroatoms. The fourth-order valence-electron chi connectivity index (χ4n) is 2.55. The van der Waals surface area contributed by atoms with Gasteiger partial charge in [-0.25, -0.2) is 8.42 Å². The van der Waals surface area contributed by atoms with Gasteiger partial charge < -0.3 is 5.32 Å². The molecule has 6 nitrogen and oxygen atoms in total. The zero-order chi connectivity index (χ0) is 14.8. The first-order valence-corrected chi connectivity index (χ1v) is 8.31. The lowest BCUT2D eigenvalue weighted by molar-refractivity contribution is -0.385. The van der Waals surface area contributed by atoms with Crippen LogP contribution >= 0.6 is 0 Å². The van der Waals surface area contributed by atoms with Crippen LogP contribution in [-0.4, -0.2) is 36.9 Å². The highest BCUT2D eigenvalue weighted by Crippen LogP contribution is 2.23. The molecule has 1 heterocycles. The molecule has 1 atom stereocenters. The minimum atomic E-state index is -2.94. The molecule has 0 radical (unpaired) electrons. The predicted molar refractivity (Wildman–Crippen MR) is 76.5 cm³/mol. The second-order valence-electron chi connectivity index (χ2n) is 5.47. The number of benzene rings is 1. The highest BCUT2D eigenvalue weighted by Gasteiger charge is 2.37. The van der Waals surface area contributed by atoms with Crippen LogP contribution in [0.3, 0.4) is 0 Å². The number of sulfone groups is 1. The van der Waals surface area contributed by atoms with Gasteiger partial charge in [0, 0.05) is 17.2 Å². The Bertz CT molecular complexity index is 615. The Morgan fingerprint density at radius 3 is 2.70 bits per heavy atom. The van der Waals surface area contributed by atoms with Crippen LogP contribution in [0.25, 0.3) is 0 Å². The van der Waals surface area contributed by atoms with Crippen molar-refractivity contribution in [2.45, 2.75) is 25.3 Å². The molecule has 2 rings (SSSR count). The lowest BCUT2D eigenvalue weighted by Crippen LogP contribution is -2.44. The van der Waals surface area contributed by atoms with Crippen LogP contribution in [-0.2, 0) is 16.3 Å². The minimum absolute atomic E-state index is 0.110. The first-order valence-electron chi connectivity index (χ1n) is 6.49. The number of para-hydroxylation sites is 1. The topological polar surface area (TPSA) is 89.3 Å². The van der Waals surface area contributed by atoms with Crippen LogP contribution in [0.4, 0.5) is 5.69 Å². The van der Waals surface area contributed by atoms with Crippen molar-refractivity contribution in [1.82, 2.24) is 5.32 Å². The number of nitro benzene ring substituents is 1. The second-order valence-corrected chi connectivity index (χ2v) is 7.65. The zero-order valence-electron chi connectivity index (χ0n) is 11.3. The lowest BCUT2D eigenvalue weighted by Gasteiger charge is -2.23. The van der Waals surface area contributed by atoms with Gasteiger partial charge in [0.05, 0.1) is 16.4 Å². The Balaban J connectivity index is 1.96. The van der Waals surface area contributed by atoms with Gasteiger partial charge in [-0.2, -0.15) is 0 Å². The average molecular weight is 298 g/mol. The molecule has 20 heavy (non-hydrogen) atoms. The third-order valence-corrected chi connectivity index (χ3v) is 5.54. The van der Waals surface area contributed by atoms with E-state index in [1.807, 2.05) is 6.92 Å². The van der Waals surface area contributed by atoms with Crippen LogP contribution in [0.1, 0.15) is 18.9 Å². The van der Waals surface area contributed by atoms with Gasteiger partial charge in [-0.05, 0) is 26.3 Å². The first kappa shape index (κ1) is 14.9. The van der Waals surface area contributed by atoms with Crippen LogP contribution in [0.15, 0.2) is 24.3 Å². The number of rotatable bonds is 5. The van der Waals surface area contributed by atoms with Crippen LogP contribution in [0.2, 0.25) is 0 Å². The maximum atomic E-state index is 11.5. The minimum Gasteiger partial charge on any atom is -0.310 e. The van der Waals surface area contributed by atoms with Crippen LogP contribution in [0.5, 0.6) is 0 Å². The Morgan fingerprint density at radius 1 is 1.40 bits per heavy atom. The second kappa shape index (κ2) is 5.49. The van der Waals surface area contributed by atoms with Crippen molar-refractivity contribution in [3.63, 3.8) is 0 Å². The first-order chi connectivity index (χ1) is 9.31. The summed E-state index contributed by atoms with van der Waals surface area (Å²) >= 11 is 0. The third-order valence-electron chi connectivity index (χ3n) is 3.64. The summed E-state index contributed by atoms with van der Waals surface area (Å²) in [7, 11) is -2.94. The van der Waals surface area contributed by atoms with Crippen molar-refractivity contribution in [3.8, 4) is 0 Å². The standard InChI is InChI=1S/C13H18N2O4S/c1-13(7-9-20(18,19)10-13)14-8-6-11-4-2-3-5-12(11)15(16)17/h2-5,14H,6-10H2,1H3. The molecule has 1 aromatic carbocycles. The van der Waals surface area contributed by atoms with E-state index >= 15 is 0 Å². The lowest BCUT2D eigenvalue weighted by atomic mass is 10.0. The van der Waals surface area contributed by atoms with Crippen molar-refractivity contribution in [1.29, 1.82) is 0 Å². The molecule has 0 saturated carbocycles. The predicted octanol–water partition coefficient (Wildman–Crippen LogP) is 1.30. The van der Waals surface area contributed by atoms with Gasteiger partial charge in [0.2, 0.25) is 0 Å². The number of nitrogens with zero attached hydrogens (tertiary/aromatic N) is 1. The average Bonchev–Trinajstić information content (AvgIpc) is 2.64.